The zero-order chi connectivity index (χ0) is 10.0. The van der Waals surface area contributed by atoms with Gasteiger partial charge in [-0.05, 0) is 12.1 Å². The van der Waals surface area contributed by atoms with Crippen molar-refractivity contribution in [3.63, 3.8) is 0 Å². The van der Waals surface area contributed by atoms with E-state index in [1.165, 1.54) is 6.08 Å². The fourth-order valence-corrected chi connectivity index (χ4v) is 1.18. The first kappa shape index (κ1) is 10.0. The summed E-state index contributed by atoms with van der Waals surface area (Å²) in [6, 6.07) is 1.54. The number of hydrogen-bond acceptors (Lipinski definition) is 2. The molecule has 0 spiro atoms. The van der Waals surface area contributed by atoms with Gasteiger partial charge < -0.3 is 10.8 Å². The molecular weight excluding hydrogens is 193 g/mol. The Morgan fingerprint density at radius 1 is 1.62 bits per heavy atom. The maximum Gasteiger partial charge on any atom is 0.139 e. The second-order valence-corrected chi connectivity index (χ2v) is 2.99. The lowest BCUT2D eigenvalue weighted by Gasteiger charge is -2.10. The Kier molecular flexibility index (Phi) is 2.90. The molecule has 1 atom stereocenters. The molecule has 0 aliphatic rings. The number of aromatic hydroxyl groups is 1. The van der Waals surface area contributed by atoms with Gasteiger partial charge in [0.1, 0.15) is 11.6 Å². The predicted molar refractivity (Wildman–Crippen MR) is 50.2 cm³/mol. The first-order valence-corrected chi connectivity index (χ1v) is 4.00. The molecule has 2 nitrogen and oxygen atoms in total. The van der Waals surface area contributed by atoms with Crippen molar-refractivity contribution in [1.29, 1.82) is 0 Å². The summed E-state index contributed by atoms with van der Waals surface area (Å²) >= 11 is 5.54. The van der Waals surface area contributed by atoms with E-state index in [1.807, 2.05) is 0 Å². The highest BCUT2D eigenvalue weighted by Crippen LogP contribution is 2.31. The van der Waals surface area contributed by atoms with Gasteiger partial charge in [-0.1, -0.05) is 17.7 Å². The van der Waals surface area contributed by atoms with E-state index in [2.05, 4.69) is 6.58 Å². The van der Waals surface area contributed by atoms with Crippen molar-refractivity contribution < 1.29 is 9.50 Å². The molecule has 1 unspecified atom stereocenters. The number of phenols is 1. The van der Waals surface area contributed by atoms with Crippen LogP contribution >= 0.6 is 11.6 Å². The largest absolute Gasteiger partial charge is 0.506 e. The fraction of sp³-hybridized carbons (Fsp3) is 0.111. The van der Waals surface area contributed by atoms with Crippen LogP contribution in [0.4, 0.5) is 4.39 Å². The van der Waals surface area contributed by atoms with E-state index in [1.54, 1.807) is 0 Å². The van der Waals surface area contributed by atoms with Gasteiger partial charge in [-0.2, -0.15) is 0 Å². The number of hydrogen-bond donors (Lipinski definition) is 2. The molecule has 0 radical (unpaired) electrons. The van der Waals surface area contributed by atoms with Crippen molar-refractivity contribution >= 4 is 11.6 Å². The highest BCUT2D eigenvalue weighted by Gasteiger charge is 2.12. The van der Waals surface area contributed by atoms with Crippen molar-refractivity contribution in [2.45, 2.75) is 6.04 Å². The summed E-state index contributed by atoms with van der Waals surface area (Å²) in [6.45, 7) is 3.44. The van der Waals surface area contributed by atoms with Gasteiger partial charge in [-0.25, -0.2) is 4.39 Å². The average molecular weight is 202 g/mol. The van der Waals surface area contributed by atoms with Gasteiger partial charge in [0.15, 0.2) is 0 Å². The van der Waals surface area contributed by atoms with Crippen molar-refractivity contribution in [2.24, 2.45) is 5.73 Å². The highest BCUT2D eigenvalue weighted by atomic mass is 35.5. The van der Waals surface area contributed by atoms with Gasteiger partial charge in [0, 0.05) is 5.56 Å². The summed E-state index contributed by atoms with van der Waals surface area (Å²) < 4.78 is 12.8. The Balaban J connectivity index is 3.27. The SMILES string of the molecule is C=CC(N)c1cc(F)cc(Cl)c1O. The van der Waals surface area contributed by atoms with Crippen LogP contribution < -0.4 is 5.73 Å². The number of phenolic OH excluding ortho intramolecular Hbond substituents is 1. The Morgan fingerprint density at radius 3 is 2.77 bits per heavy atom. The molecule has 1 aromatic rings. The smallest absolute Gasteiger partial charge is 0.139 e. The maximum atomic E-state index is 12.8. The molecule has 0 fully saturated rings. The molecule has 70 valence electrons. The summed E-state index contributed by atoms with van der Waals surface area (Å²) in [5, 5.41) is 9.35. The summed E-state index contributed by atoms with van der Waals surface area (Å²) in [5.41, 5.74) is 5.77. The van der Waals surface area contributed by atoms with E-state index >= 15 is 0 Å². The minimum absolute atomic E-state index is 0.0488. The number of benzene rings is 1. The Labute approximate surface area is 80.4 Å². The number of halogens is 2. The maximum absolute atomic E-state index is 12.8. The molecule has 13 heavy (non-hydrogen) atoms. The third-order valence-corrected chi connectivity index (χ3v) is 1.96. The Bertz CT molecular complexity index is 341. The van der Waals surface area contributed by atoms with Gasteiger partial charge in [0.05, 0.1) is 11.1 Å². The summed E-state index contributed by atoms with van der Waals surface area (Å²) in [5.74, 6) is -0.731. The van der Waals surface area contributed by atoms with Gasteiger partial charge >= 0.3 is 0 Å². The highest BCUT2D eigenvalue weighted by molar-refractivity contribution is 6.32. The first-order valence-electron chi connectivity index (χ1n) is 3.62. The third-order valence-electron chi connectivity index (χ3n) is 1.67. The summed E-state index contributed by atoms with van der Waals surface area (Å²) in [6.07, 6.45) is 1.39. The first-order chi connectivity index (χ1) is 6.06. The molecule has 0 heterocycles. The molecule has 0 aromatic heterocycles. The van der Waals surface area contributed by atoms with Crippen LogP contribution in [0.5, 0.6) is 5.75 Å². The molecule has 0 saturated carbocycles. The molecule has 0 aliphatic carbocycles. The molecule has 3 N–H and O–H groups in total. The van der Waals surface area contributed by atoms with Crippen LogP contribution in [0.15, 0.2) is 24.8 Å². The number of rotatable bonds is 2. The molecule has 1 rings (SSSR count). The summed E-state index contributed by atoms with van der Waals surface area (Å²) in [4.78, 5) is 0. The van der Waals surface area contributed by atoms with Crippen molar-refractivity contribution in [2.75, 3.05) is 0 Å². The zero-order valence-electron chi connectivity index (χ0n) is 6.80. The molecule has 4 heteroatoms. The van der Waals surface area contributed by atoms with Crippen molar-refractivity contribution in [1.82, 2.24) is 0 Å². The van der Waals surface area contributed by atoms with E-state index in [-0.39, 0.29) is 16.3 Å². The van der Waals surface area contributed by atoms with Crippen molar-refractivity contribution in [3.8, 4) is 5.75 Å². The van der Waals surface area contributed by atoms with Crippen LogP contribution in [-0.4, -0.2) is 5.11 Å². The van der Waals surface area contributed by atoms with E-state index < -0.39 is 11.9 Å². The predicted octanol–water partition coefficient (Wildman–Crippen LogP) is 2.37. The Hall–Kier alpha value is -1.06. The van der Waals surface area contributed by atoms with Crippen LogP contribution in [0.2, 0.25) is 5.02 Å². The Morgan fingerprint density at radius 2 is 2.23 bits per heavy atom. The standard InChI is InChI=1S/C9H9ClFNO/c1-2-8(12)6-3-5(11)4-7(10)9(6)13/h2-4,8,13H,1,12H2. The molecule has 0 saturated heterocycles. The summed E-state index contributed by atoms with van der Waals surface area (Å²) in [7, 11) is 0. The van der Waals surface area contributed by atoms with Gasteiger partial charge in [-0.15, -0.1) is 6.58 Å². The molecule has 1 aromatic carbocycles. The van der Waals surface area contributed by atoms with Crippen LogP contribution in [0, 0.1) is 5.82 Å². The quantitative estimate of drug-likeness (QED) is 0.722. The van der Waals surface area contributed by atoms with Crippen molar-refractivity contribution in [3.05, 3.63) is 41.2 Å². The van der Waals surface area contributed by atoms with Gasteiger partial charge in [-0.3, -0.25) is 0 Å². The lowest BCUT2D eigenvalue weighted by atomic mass is 10.1. The average Bonchev–Trinajstić information content (AvgIpc) is 2.10. The normalized spacial score (nSPS) is 12.5. The second-order valence-electron chi connectivity index (χ2n) is 2.59. The van der Waals surface area contributed by atoms with Gasteiger partial charge in [0.2, 0.25) is 0 Å². The number of nitrogens with two attached hydrogens (primary N) is 1. The fourth-order valence-electron chi connectivity index (χ4n) is 0.967. The zero-order valence-corrected chi connectivity index (χ0v) is 7.55. The minimum atomic E-state index is -0.617. The van der Waals surface area contributed by atoms with Crippen LogP contribution in [0.3, 0.4) is 0 Å². The van der Waals surface area contributed by atoms with Crippen LogP contribution in [-0.2, 0) is 0 Å². The van der Waals surface area contributed by atoms with E-state index in [0.29, 0.717) is 0 Å². The van der Waals surface area contributed by atoms with Gasteiger partial charge in [0.25, 0.3) is 0 Å². The van der Waals surface area contributed by atoms with Crippen LogP contribution in [0.25, 0.3) is 0 Å². The molecular formula is C9H9ClFNO. The minimum Gasteiger partial charge on any atom is -0.506 e. The van der Waals surface area contributed by atoms with Crippen LogP contribution in [0.1, 0.15) is 11.6 Å². The monoisotopic (exact) mass is 201 g/mol. The van der Waals surface area contributed by atoms with E-state index in [4.69, 9.17) is 17.3 Å². The topological polar surface area (TPSA) is 46.2 Å². The molecule has 0 bridgehead atoms. The molecule has 0 aliphatic heterocycles. The van der Waals surface area contributed by atoms with E-state index in [0.717, 1.165) is 12.1 Å². The third kappa shape index (κ3) is 1.99. The van der Waals surface area contributed by atoms with E-state index in [9.17, 15) is 9.50 Å². The molecule has 0 amide bonds. The lowest BCUT2D eigenvalue weighted by Crippen LogP contribution is -2.07. The second kappa shape index (κ2) is 3.77. The lowest BCUT2D eigenvalue weighted by molar-refractivity contribution is 0.463.